The van der Waals surface area contributed by atoms with Crippen molar-refractivity contribution in [2.75, 3.05) is 7.11 Å². The molecule has 0 fully saturated rings. The van der Waals surface area contributed by atoms with Crippen LogP contribution in [-0.2, 0) is 21.7 Å². The average Bonchev–Trinajstić information content (AvgIpc) is 2.77. The summed E-state index contributed by atoms with van der Waals surface area (Å²) in [4.78, 5) is 15.7. The van der Waals surface area contributed by atoms with Gasteiger partial charge in [0.15, 0.2) is 0 Å². The highest BCUT2D eigenvalue weighted by molar-refractivity contribution is 6.42. The number of ether oxygens (including phenoxy) is 1. The van der Waals surface area contributed by atoms with Crippen LogP contribution in [0.15, 0.2) is 12.1 Å². The minimum absolute atomic E-state index is 0.219. The maximum atomic E-state index is 11.2. The Kier molecular flexibility index (Phi) is 4.46. The number of fused-ring (bicyclic) bond motifs is 1. The maximum Gasteiger partial charge on any atom is 0.323 e. The molecule has 1 unspecified atom stereocenters. The predicted molar refractivity (Wildman–Crippen MR) is 82.0 cm³/mol. The molecule has 0 bridgehead atoms. The van der Waals surface area contributed by atoms with Gasteiger partial charge in [0.05, 0.1) is 21.1 Å². The number of aromatic nitrogens is 2. The lowest BCUT2D eigenvalue weighted by atomic mass is 10.0. The van der Waals surface area contributed by atoms with Crippen LogP contribution >= 0.6 is 23.2 Å². The molecule has 5 nitrogen and oxygen atoms in total. The van der Waals surface area contributed by atoms with Crippen molar-refractivity contribution in [3.63, 3.8) is 0 Å². The van der Waals surface area contributed by atoms with Crippen LogP contribution in [0.4, 0.5) is 0 Å². The van der Waals surface area contributed by atoms with Gasteiger partial charge in [-0.25, -0.2) is 4.98 Å². The van der Waals surface area contributed by atoms with Gasteiger partial charge in [-0.1, -0.05) is 30.1 Å². The summed E-state index contributed by atoms with van der Waals surface area (Å²) in [7, 11) is 1.58. The fourth-order valence-corrected chi connectivity index (χ4v) is 2.53. The number of hydrogen-bond donors (Lipinski definition) is 1. The number of rotatable bonds is 5. The van der Waals surface area contributed by atoms with E-state index in [0.717, 1.165) is 0 Å². The SMILES string of the molecule is CCC(C)(OC)c1nc2cc(Cl)c(Cl)cc2n1CC(=O)O. The van der Waals surface area contributed by atoms with Crippen molar-refractivity contribution >= 4 is 40.2 Å². The lowest BCUT2D eigenvalue weighted by molar-refractivity contribution is -0.137. The molecule has 0 radical (unpaired) electrons. The Labute approximate surface area is 132 Å². The van der Waals surface area contributed by atoms with Crippen LogP contribution in [0.3, 0.4) is 0 Å². The Hall–Kier alpha value is -1.30. The Morgan fingerprint density at radius 1 is 1.43 bits per heavy atom. The summed E-state index contributed by atoms with van der Waals surface area (Å²) >= 11 is 12.0. The number of carboxylic acid groups (broad SMARTS) is 1. The van der Waals surface area contributed by atoms with Crippen LogP contribution in [0.2, 0.25) is 10.0 Å². The molecule has 0 aliphatic rings. The van der Waals surface area contributed by atoms with E-state index < -0.39 is 11.6 Å². The highest BCUT2D eigenvalue weighted by Gasteiger charge is 2.31. The molecule has 0 saturated carbocycles. The van der Waals surface area contributed by atoms with Crippen LogP contribution in [0, 0.1) is 0 Å². The van der Waals surface area contributed by atoms with Crippen molar-refractivity contribution in [2.45, 2.75) is 32.4 Å². The molecule has 0 saturated heterocycles. The highest BCUT2D eigenvalue weighted by atomic mass is 35.5. The Balaban J connectivity index is 2.77. The summed E-state index contributed by atoms with van der Waals surface area (Å²) in [6.45, 7) is 3.60. The smallest absolute Gasteiger partial charge is 0.323 e. The largest absolute Gasteiger partial charge is 0.480 e. The van der Waals surface area contributed by atoms with Crippen molar-refractivity contribution in [3.05, 3.63) is 28.0 Å². The lowest BCUT2D eigenvalue weighted by Gasteiger charge is -2.26. The van der Waals surface area contributed by atoms with Gasteiger partial charge in [0, 0.05) is 7.11 Å². The summed E-state index contributed by atoms with van der Waals surface area (Å²) in [5.41, 5.74) is 0.531. The van der Waals surface area contributed by atoms with Crippen molar-refractivity contribution in [1.82, 2.24) is 9.55 Å². The molecule has 1 aromatic carbocycles. The molecular formula is C14H16Cl2N2O3. The number of carboxylic acids is 1. The molecule has 0 amide bonds. The minimum Gasteiger partial charge on any atom is -0.480 e. The van der Waals surface area contributed by atoms with Crippen LogP contribution in [0.1, 0.15) is 26.1 Å². The van der Waals surface area contributed by atoms with E-state index >= 15 is 0 Å². The van der Waals surface area contributed by atoms with Crippen LogP contribution < -0.4 is 0 Å². The molecule has 114 valence electrons. The lowest BCUT2D eigenvalue weighted by Crippen LogP contribution is -2.29. The summed E-state index contributed by atoms with van der Waals surface area (Å²) in [6, 6.07) is 3.26. The Morgan fingerprint density at radius 3 is 2.57 bits per heavy atom. The molecule has 1 N–H and O–H groups in total. The third-order valence-corrected chi connectivity index (χ3v) is 4.40. The standard InChI is InChI=1S/C14H16Cl2N2O3/c1-4-14(2,21-3)13-17-10-5-8(15)9(16)6-11(10)18(13)7-12(19)20/h5-6H,4,7H2,1-3H3,(H,19,20). The van der Waals surface area contributed by atoms with Gasteiger partial charge in [-0.3, -0.25) is 4.79 Å². The van der Waals surface area contributed by atoms with E-state index in [2.05, 4.69) is 4.98 Å². The molecule has 1 atom stereocenters. The van der Waals surface area contributed by atoms with E-state index in [1.54, 1.807) is 23.8 Å². The second-order valence-electron chi connectivity index (χ2n) is 4.96. The van der Waals surface area contributed by atoms with E-state index in [1.165, 1.54) is 0 Å². The molecule has 7 heteroatoms. The summed E-state index contributed by atoms with van der Waals surface area (Å²) < 4.78 is 7.15. The third-order valence-electron chi connectivity index (χ3n) is 3.68. The molecule has 0 aliphatic carbocycles. The van der Waals surface area contributed by atoms with Gasteiger partial charge in [0.2, 0.25) is 0 Å². The summed E-state index contributed by atoms with van der Waals surface area (Å²) in [5, 5.41) is 9.90. The van der Waals surface area contributed by atoms with Crippen molar-refractivity contribution in [1.29, 1.82) is 0 Å². The van der Waals surface area contributed by atoms with Gasteiger partial charge in [-0.05, 0) is 25.5 Å². The second-order valence-corrected chi connectivity index (χ2v) is 5.77. The van der Waals surface area contributed by atoms with E-state index in [-0.39, 0.29) is 6.54 Å². The third kappa shape index (κ3) is 2.86. The number of benzene rings is 1. The van der Waals surface area contributed by atoms with Gasteiger partial charge >= 0.3 is 5.97 Å². The molecule has 1 aromatic heterocycles. The number of hydrogen-bond acceptors (Lipinski definition) is 3. The molecule has 2 aromatic rings. The van der Waals surface area contributed by atoms with Crippen LogP contribution in [0.5, 0.6) is 0 Å². The first kappa shape index (κ1) is 16.1. The zero-order chi connectivity index (χ0) is 15.8. The monoisotopic (exact) mass is 330 g/mol. The quantitative estimate of drug-likeness (QED) is 0.907. The van der Waals surface area contributed by atoms with Crippen LogP contribution in [-0.4, -0.2) is 27.7 Å². The topological polar surface area (TPSA) is 64.4 Å². The zero-order valence-corrected chi connectivity index (χ0v) is 13.5. The molecular weight excluding hydrogens is 315 g/mol. The number of carbonyl (C=O) groups is 1. The van der Waals surface area contributed by atoms with Gasteiger partial charge in [-0.2, -0.15) is 0 Å². The van der Waals surface area contributed by atoms with E-state index in [0.29, 0.717) is 33.3 Å². The van der Waals surface area contributed by atoms with Crippen molar-refractivity contribution < 1.29 is 14.6 Å². The fraction of sp³-hybridized carbons (Fsp3) is 0.429. The normalized spacial score (nSPS) is 14.3. The minimum atomic E-state index is -0.962. The van der Waals surface area contributed by atoms with Crippen LogP contribution in [0.25, 0.3) is 11.0 Å². The average molecular weight is 331 g/mol. The number of nitrogens with zero attached hydrogens (tertiary/aromatic N) is 2. The number of methoxy groups -OCH3 is 1. The molecule has 1 heterocycles. The van der Waals surface area contributed by atoms with Gasteiger partial charge < -0.3 is 14.4 Å². The first-order chi connectivity index (χ1) is 9.82. The summed E-state index contributed by atoms with van der Waals surface area (Å²) in [5.74, 6) is -0.417. The van der Waals surface area contributed by atoms with E-state index in [4.69, 9.17) is 33.0 Å². The number of aliphatic carboxylic acids is 1. The fourth-order valence-electron chi connectivity index (χ4n) is 2.21. The molecule has 0 spiro atoms. The molecule has 21 heavy (non-hydrogen) atoms. The highest BCUT2D eigenvalue weighted by Crippen LogP contribution is 2.34. The molecule has 2 rings (SSSR count). The first-order valence-electron chi connectivity index (χ1n) is 6.45. The van der Waals surface area contributed by atoms with Crippen molar-refractivity contribution in [2.24, 2.45) is 0 Å². The Bertz CT molecular complexity index is 693. The molecule has 0 aliphatic heterocycles. The van der Waals surface area contributed by atoms with E-state index in [9.17, 15) is 4.79 Å². The number of halogens is 2. The predicted octanol–water partition coefficient (Wildman–Crippen LogP) is 3.70. The maximum absolute atomic E-state index is 11.2. The van der Waals surface area contributed by atoms with E-state index in [1.807, 2.05) is 13.8 Å². The van der Waals surface area contributed by atoms with Gasteiger partial charge in [0.1, 0.15) is 18.0 Å². The van der Waals surface area contributed by atoms with Gasteiger partial charge in [0.25, 0.3) is 0 Å². The first-order valence-corrected chi connectivity index (χ1v) is 7.20. The number of imidazole rings is 1. The van der Waals surface area contributed by atoms with Gasteiger partial charge in [-0.15, -0.1) is 0 Å². The zero-order valence-electron chi connectivity index (χ0n) is 12.0. The Morgan fingerprint density at radius 2 is 2.05 bits per heavy atom. The second kappa shape index (κ2) is 5.83. The van der Waals surface area contributed by atoms with Crippen molar-refractivity contribution in [3.8, 4) is 0 Å². The summed E-state index contributed by atoms with van der Waals surface area (Å²) in [6.07, 6.45) is 0.647.